The van der Waals surface area contributed by atoms with Crippen LogP contribution in [0.4, 0.5) is 8.78 Å². The number of esters is 1. The molecule has 2 aromatic carbocycles. The molecule has 0 heterocycles. The van der Waals surface area contributed by atoms with Crippen LogP contribution in [0, 0.1) is 11.8 Å². The van der Waals surface area contributed by atoms with Crippen LogP contribution >= 0.6 is 0 Å². The van der Waals surface area contributed by atoms with Gasteiger partial charge in [-0.15, -0.1) is 0 Å². The van der Waals surface area contributed by atoms with Gasteiger partial charge in [0.05, 0.1) is 12.7 Å². The molecule has 0 N–H and O–H groups in total. The average molecular weight is 569 g/mol. The molecule has 1 fully saturated rings. The highest BCUT2D eigenvalue weighted by molar-refractivity contribution is 5.86. The molecule has 0 amide bonds. The first-order valence-corrected chi connectivity index (χ1v) is 14.7. The number of halogens is 2. The van der Waals surface area contributed by atoms with Crippen LogP contribution in [-0.4, -0.2) is 29.6 Å². The van der Waals surface area contributed by atoms with Gasteiger partial charge in [-0.25, -0.2) is 0 Å². The van der Waals surface area contributed by atoms with Crippen LogP contribution in [0.25, 0.3) is 0 Å². The number of hydrogen-bond acceptors (Lipinski definition) is 5. The van der Waals surface area contributed by atoms with Crippen LogP contribution in [0.5, 0.6) is 0 Å². The molecule has 1 aliphatic carbocycles. The first kappa shape index (κ1) is 32.3. The lowest BCUT2D eigenvalue weighted by Crippen LogP contribution is -2.31. The Balaban J connectivity index is 1.51. The van der Waals surface area contributed by atoms with Gasteiger partial charge in [0.15, 0.2) is 0 Å². The van der Waals surface area contributed by atoms with E-state index >= 15 is 0 Å². The zero-order chi connectivity index (χ0) is 29.5. The molecule has 0 radical (unpaired) electrons. The Morgan fingerprint density at radius 1 is 0.927 bits per heavy atom. The summed E-state index contributed by atoms with van der Waals surface area (Å²) in [6.07, 6.45) is 6.05. The fourth-order valence-electron chi connectivity index (χ4n) is 5.21. The van der Waals surface area contributed by atoms with E-state index in [9.17, 15) is 23.2 Å². The van der Waals surface area contributed by atoms with E-state index in [2.05, 4.69) is 0 Å². The summed E-state index contributed by atoms with van der Waals surface area (Å²) in [7, 11) is 0. The molecule has 1 aliphatic rings. The van der Waals surface area contributed by atoms with Crippen LogP contribution in [0.2, 0.25) is 0 Å². The van der Waals surface area contributed by atoms with Gasteiger partial charge in [0.25, 0.3) is 0 Å². The maximum atomic E-state index is 14.3. The molecular weight excluding hydrogens is 526 g/mol. The Kier molecular flexibility index (Phi) is 13.3. The average Bonchev–Trinajstić information content (AvgIpc) is 3.28. The van der Waals surface area contributed by atoms with Gasteiger partial charge in [-0.05, 0) is 49.1 Å². The van der Waals surface area contributed by atoms with E-state index in [0.717, 1.165) is 11.1 Å². The number of rotatable bonds is 18. The Labute approximate surface area is 242 Å². The summed E-state index contributed by atoms with van der Waals surface area (Å²) >= 11 is 0. The number of carbonyl (C=O) groups is 3. The third kappa shape index (κ3) is 11.0. The van der Waals surface area contributed by atoms with Crippen molar-refractivity contribution in [3.63, 3.8) is 0 Å². The van der Waals surface area contributed by atoms with E-state index in [1.807, 2.05) is 79.7 Å². The first-order valence-electron chi connectivity index (χ1n) is 14.7. The van der Waals surface area contributed by atoms with Crippen molar-refractivity contribution in [1.82, 2.24) is 0 Å². The zero-order valence-electron chi connectivity index (χ0n) is 23.9. The molecule has 2 aromatic rings. The third-order valence-corrected chi connectivity index (χ3v) is 7.63. The molecule has 0 bridgehead atoms. The normalized spacial score (nSPS) is 19.1. The molecule has 3 rings (SSSR count). The molecule has 5 nitrogen and oxygen atoms in total. The van der Waals surface area contributed by atoms with Gasteiger partial charge in [0.2, 0.25) is 5.78 Å². The van der Waals surface area contributed by atoms with Crippen LogP contribution < -0.4 is 0 Å². The summed E-state index contributed by atoms with van der Waals surface area (Å²) < 4.78 is 40.1. The Hall–Kier alpha value is -3.19. The highest BCUT2D eigenvalue weighted by Crippen LogP contribution is 2.38. The second-order valence-corrected chi connectivity index (χ2v) is 10.8. The van der Waals surface area contributed by atoms with Crippen LogP contribution in [0.3, 0.4) is 0 Å². The van der Waals surface area contributed by atoms with E-state index < -0.39 is 24.2 Å². The van der Waals surface area contributed by atoms with E-state index in [-0.39, 0.29) is 49.5 Å². The van der Waals surface area contributed by atoms with Gasteiger partial charge in [-0.1, -0.05) is 86.2 Å². The Morgan fingerprint density at radius 2 is 1.59 bits per heavy atom. The Bertz CT molecular complexity index is 1120. The number of Topliss-reactive ketones (excluding diaryl/α,β-unsaturated/α-hetero) is 2. The highest BCUT2D eigenvalue weighted by atomic mass is 19.3. The number of ether oxygens (including phenoxy) is 2. The van der Waals surface area contributed by atoms with Crippen molar-refractivity contribution in [2.45, 2.75) is 96.4 Å². The minimum absolute atomic E-state index is 0.0346. The molecule has 0 saturated heterocycles. The number of ketones is 2. The lowest BCUT2D eigenvalue weighted by molar-refractivity contribution is -0.145. The van der Waals surface area contributed by atoms with Gasteiger partial charge in [-0.3, -0.25) is 14.4 Å². The maximum Gasteiger partial charge on any atom is 0.306 e. The predicted molar refractivity (Wildman–Crippen MR) is 154 cm³/mol. The van der Waals surface area contributed by atoms with E-state index in [0.29, 0.717) is 45.1 Å². The SMILES string of the molecule is CCCCC(F)(F)C(=O)CC[C@H]1[C@H](OCc2ccccc2)CC(=O)[C@@H]1C/C=C\CCCC(=O)OCc1ccccc1. The van der Waals surface area contributed by atoms with Crippen LogP contribution in [0.1, 0.15) is 82.3 Å². The summed E-state index contributed by atoms with van der Waals surface area (Å²) in [4.78, 5) is 37.4. The second-order valence-electron chi connectivity index (χ2n) is 10.8. The fraction of sp³-hybridized carbons (Fsp3) is 0.500. The summed E-state index contributed by atoms with van der Waals surface area (Å²) in [5.41, 5.74) is 1.90. The van der Waals surface area contributed by atoms with Gasteiger partial charge in [0, 0.05) is 31.6 Å². The van der Waals surface area contributed by atoms with E-state index in [1.165, 1.54) is 0 Å². The number of carbonyl (C=O) groups excluding carboxylic acids is 3. The van der Waals surface area contributed by atoms with Crippen molar-refractivity contribution in [2.75, 3.05) is 0 Å². The smallest absolute Gasteiger partial charge is 0.306 e. The largest absolute Gasteiger partial charge is 0.461 e. The van der Waals surface area contributed by atoms with Crippen LogP contribution in [0.15, 0.2) is 72.8 Å². The molecule has 1 saturated carbocycles. The monoisotopic (exact) mass is 568 g/mol. The molecule has 7 heteroatoms. The molecule has 3 atom stereocenters. The van der Waals surface area contributed by atoms with Gasteiger partial charge < -0.3 is 9.47 Å². The van der Waals surface area contributed by atoms with Crippen molar-refractivity contribution < 1.29 is 32.6 Å². The zero-order valence-corrected chi connectivity index (χ0v) is 23.9. The van der Waals surface area contributed by atoms with Gasteiger partial charge in [-0.2, -0.15) is 8.78 Å². The molecular formula is C34H42F2O5. The predicted octanol–water partition coefficient (Wildman–Crippen LogP) is 7.81. The molecule has 0 aliphatic heterocycles. The van der Waals surface area contributed by atoms with Crippen molar-refractivity contribution >= 4 is 17.5 Å². The second kappa shape index (κ2) is 16.9. The topological polar surface area (TPSA) is 69.7 Å². The van der Waals surface area contributed by atoms with E-state index in [1.54, 1.807) is 0 Å². The maximum absolute atomic E-state index is 14.3. The number of unbranched alkanes of at least 4 members (excludes halogenated alkanes) is 2. The molecule has 0 spiro atoms. The summed E-state index contributed by atoms with van der Waals surface area (Å²) in [6.45, 7) is 2.38. The minimum Gasteiger partial charge on any atom is -0.461 e. The molecule has 0 unspecified atom stereocenters. The van der Waals surface area contributed by atoms with Crippen LogP contribution in [-0.2, 0) is 37.1 Å². The van der Waals surface area contributed by atoms with Gasteiger partial charge in [0.1, 0.15) is 12.4 Å². The van der Waals surface area contributed by atoms with Crippen molar-refractivity contribution in [3.05, 3.63) is 83.9 Å². The third-order valence-electron chi connectivity index (χ3n) is 7.63. The van der Waals surface area contributed by atoms with Crippen molar-refractivity contribution in [3.8, 4) is 0 Å². The molecule has 222 valence electrons. The number of hydrogen-bond donors (Lipinski definition) is 0. The fourth-order valence-corrected chi connectivity index (χ4v) is 5.21. The Morgan fingerprint density at radius 3 is 2.24 bits per heavy atom. The number of allylic oxidation sites excluding steroid dienone is 2. The molecule has 0 aromatic heterocycles. The number of alkyl halides is 2. The molecule has 41 heavy (non-hydrogen) atoms. The highest BCUT2D eigenvalue weighted by Gasteiger charge is 2.44. The van der Waals surface area contributed by atoms with Gasteiger partial charge >= 0.3 is 11.9 Å². The van der Waals surface area contributed by atoms with Crippen molar-refractivity contribution in [2.24, 2.45) is 11.8 Å². The van der Waals surface area contributed by atoms with E-state index in [4.69, 9.17) is 9.47 Å². The lowest BCUT2D eigenvalue weighted by Gasteiger charge is -2.24. The first-order chi connectivity index (χ1) is 19.8. The standard InChI is InChI=1S/C34H42F2O5/c1-2-3-22-34(35,36)32(38)21-20-29-28(30(37)23-31(29)40-24-26-14-8-6-9-15-26)18-12-4-5-13-19-33(39)41-25-27-16-10-7-11-17-27/h4,6-12,14-17,28-29,31H,2-3,5,13,18-25H2,1H3/b12-4-/t28-,29-,31-/m1/s1. The summed E-state index contributed by atoms with van der Waals surface area (Å²) in [5, 5.41) is 0. The summed E-state index contributed by atoms with van der Waals surface area (Å²) in [5.74, 6) is -5.31. The minimum atomic E-state index is -3.34. The summed E-state index contributed by atoms with van der Waals surface area (Å²) in [6, 6.07) is 19.1. The number of benzene rings is 2. The van der Waals surface area contributed by atoms with Crippen molar-refractivity contribution in [1.29, 1.82) is 0 Å². The quantitative estimate of drug-likeness (QED) is 0.104. The lowest BCUT2D eigenvalue weighted by atomic mass is 9.86.